The molecule has 2 aromatic rings. The third-order valence-corrected chi connectivity index (χ3v) is 3.37. The molecule has 1 aromatic heterocycles. The zero-order valence-electron chi connectivity index (χ0n) is 15.2. The Morgan fingerprint density at radius 3 is 2.52 bits per heavy atom. The molecule has 0 radical (unpaired) electrons. The highest BCUT2D eigenvalue weighted by atomic mass is 16.5. The van der Waals surface area contributed by atoms with E-state index in [2.05, 4.69) is 20.5 Å². The zero-order valence-corrected chi connectivity index (χ0v) is 15.2. The molecule has 0 saturated carbocycles. The first-order chi connectivity index (χ1) is 11.9. The van der Waals surface area contributed by atoms with Gasteiger partial charge in [-0.2, -0.15) is 0 Å². The number of carbonyl (C=O) groups excluding carboxylic acids is 1. The van der Waals surface area contributed by atoms with Crippen molar-refractivity contribution in [2.24, 2.45) is 0 Å². The number of ether oxygens (including phenoxy) is 1. The Kier molecular flexibility index (Phi) is 6.77. The Morgan fingerprint density at radius 1 is 1.16 bits per heavy atom. The molecule has 0 bridgehead atoms. The minimum atomic E-state index is -0.193. The molecule has 0 spiro atoms. The average molecular weight is 342 g/mol. The highest BCUT2D eigenvalue weighted by molar-refractivity contribution is 6.04. The number of nitrogens with one attached hydrogen (secondary N) is 2. The van der Waals surface area contributed by atoms with E-state index in [1.807, 2.05) is 52.2 Å². The molecule has 0 aliphatic rings. The highest BCUT2D eigenvalue weighted by Gasteiger charge is 2.08. The molecule has 6 heteroatoms. The molecule has 0 unspecified atom stereocenters. The molecule has 1 aromatic carbocycles. The van der Waals surface area contributed by atoms with Crippen molar-refractivity contribution in [2.75, 3.05) is 37.8 Å². The summed E-state index contributed by atoms with van der Waals surface area (Å²) in [6.45, 7) is 5.64. The summed E-state index contributed by atoms with van der Waals surface area (Å²) in [5.74, 6) is 0.586. The molecular weight excluding hydrogens is 316 g/mol. The molecule has 0 atom stereocenters. The van der Waals surface area contributed by atoms with Crippen LogP contribution < -0.4 is 15.4 Å². The van der Waals surface area contributed by atoms with Crippen molar-refractivity contribution in [3.8, 4) is 5.75 Å². The third-order valence-electron chi connectivity index (χ3n) is 3.37. The minimum absolute atomic E-state index is 0.120. The molecule has 134 valence electrons. The summed E-state index contributed by atoms with van der Waals surface area (Å²) < 4.78 is 5.59. The first-order valence-electron chi connectivity index (χ1n) is 8.36. The molecular formula is C19H26N4O2. The highest BCUT2D eigenvalue weighted by Crippen LogP contribution is 2.18. The Bertz CT molecular complexity index is 684. The lowest BCUT2D eigenvalue weighted by Gasteiger charge is -2.12. The smallest absolute Gasteiger partial charge is 0.257 e. The fourth-order valence-corrected chi connectivity index (χ4v) is 2.18. The standard InChI is InChI=1S/C19H26N4O2/c1-14(2)25-18-7-5-16(6-8-18)22-19(24)15-11-17(13-20-12-15)21-9-10-23(3)4/h5-8,11-14,21H,9-10H2,1-4H3,(H,22,24). The Morgan fingerprint density at radius 2 is 1.88 bits per heavy atom. The zero-order chi connectivity index (χ0) is 18.2. The lowest BCUT2D eigenvalue weighted by atomic mass is 10.2. The van der Waals surface area contributed by atoms with Crippen LogP contribution in [0.15, 0.2) is 42.7 Å². The van der Waals surface area contributed by atoms with E-state index in [4.69, 9.17) is 4.74 Å². The number of anilines is 2. The predicted octanol–water partition coefficient (Wildman–Crippen LogP) is 3.09. The number of carbonyl (C=O) groups is 1. The van der Waals surface area contributed by atoms with Crippen LogP contribution in [-0.2, 0) is 0 Å². The van der Waals surface area contributed by atoms with Gasteiger partial charge in [0.1, 0.15) is 5.75 Å². The molecule has 2 rings (SSSR count). The molecule has 0 aliphatic carbocycles. The number of hydrogen-bond donors (Lipinski definition) is 2. The number of hydrogen-bond acceptors (Lipinski definition) is 5. The third kappa shape index (κ3) is 6.43. The maximum atomic E-state index is 12.4. The number of benzene rings is 1. The maximum Gasteiger partial charge on any atom is 0.257 e. The molecule has 1 heterocycles. The average Bonchev–Trinajstić information content (AvgIpc) is 2.56. The Labute approximate surface area is 149 Å². The van der Waals surface area contributed by atoms with Crippen molar-refractivity contribution in [1.82, 2.24) is 9.88 Å². The lowest BCUT2D eigenvalue weighted by molar-refractivity contribution is 0.102. The molecule has 25 heavy (non-hydrogen) atoms. The summed E-state index contributed by atoms with van der Waals surface area (Å²) in [5, 5.41) is 6.13. The van der Waals surface area contributed by atoms with Gasteiger partial charge in [0.2, 0.25) is 0 Å². The molecule has 0 saturated heterocycles. The molecule has 2 N–H and O–H groups in total. The van der Waals surface area contributed by atoms with Gasteiger partial charge in [-0.25, -0.2) is 0 Å². The molecule has 0 fully saturated rings. The first-order valence-corrected chi connectivity index (χ1v) is 8.36. The van der Waals surface area contributed by atoms with E-state index in [1.54, 1.807) is 18.5 Å². The van der Waals surface area contributed by atoms with E-state index in [-0.39, 0.29) is 12.0 Å². The van der Waals surface area contributed by atoms with Gasteiger partial charge in [-0.05, 0) is 58.3 Å². The summed E-state index contributed by atoms with van der Waals surface area (Å²) in [7, 11) is 4.03. The number of rotatable bonds is 8. The van der Waals surface area contributed by atoms with E-state index in [1.165, 1.54) is 0 Å². The van der Waals surface area contributed by atoms with E-state index in [0.717, 1.165) is 24.5 Å². The van der Waals surface area contributed by atoms with Gasteiger partial charge in [-0.15, -0.1) is 0 Å². The normalized spacial score (nSPS) is 10.8. The van der Waals surface area contributed by atoms with Gasteiger partial charge in [0, 0.05) is 31.2 Å². The van der Waals surface area contributed by atoms with Crippen LogP contribution in [0.25, 0.3) is 0 Å². The summed E-state index contributed by atoms with van der Waals surface area (Å²) in [6, 6.07) is 9.12. The summed E-state index contributed by atoms with van der Waals surface area (Å²) in [5.41, 5.74) is 2.06. The van der Waals surface area contributed by atoms with Crippen molar-refractivity contribution >= 4 is 17.3 Å². The summed E-state index contributed by atoms with van der Waals surface area (Å²) >= 11 is 0. The summed E-state index contributed by atoms with van der Waals surface area (Å²) in [4.78, 5) is 18.6. The first kappa shape index (κ1) is 18.7. The van der Waals surface area contributed by atoms with Crippen LogP contribution >= 0.6 is 0 Å². The van der Waals surface area contributed by atoms with Crippen molar-refractivity contribution in [2.45, 2.75) is 20.0 Å². The lowest BCUT2D eigenvalue weighted by Crippen LogP contribution is -2.21. The van der Waals surface area contributed by atoms with E-state index in [0.29, 0.717) is 11.3 Å². The van der Waals surface area contributed by atoms with Crippen LogP contribution in [0.5, 0.6) is 5.75 Å². The van der Waals surface area contributed by atoms with Crippen LogP contribution in [-0.4, -0.2) is 49.1 Å². The van der Waals surface area contributed by atoms with Crippen LogP contribution in [0.2, 0.25) is 0 Å². The number of likely N-dealkylation sites (N-methyl/N-ethyl adjacent to an activating group) is 1. The van der Waals surface area contributed by atoms with E-state index >= 15 is 0 Å². The fourth-order valence-electron chi connectivity index (χ4n) is 2.18. The van der Waals surface area contributed by atoms with Gasteiger partial charge >= 0.3 is 0 Å². The van der Waals surface area contributed by atoms with E-state index < -0.39 is 0 Å². The number of aromatic nitrogens is 1. The van der Waals surface area contributed by atoms with Gasteiger partial charge in [-0.1, -0.05) is 0 Å². The second kappa shape index (κ2) is 9.03. The van der Waals surface area contributed by atoms with Crippen molar-refractivity contribution in [3.63, 3.8) is 0 Å². The van der Waals surface area contributed by atoms with Gasteiger partial charge in [-0.3, -0.25) is 9.78 Å². The quantitative estimate of drug-likeness (QED) is 0.772. The van der Waals surface area contributed by atoms with Crippen LogP contribution in [0, 0.1) is 0 Å². The monoisotopic (exact) mass is 342 g/mol. The number of pyridine rings is 1. The second-order valence-electron chi connectivity index (χ2n) is 6.34. The topological polar surface area (TPSA) is 66.5 Å². The summed E-state index contributed by atoms with van der Waals surface area (Å²) in [6.07, 6.45) is 3.39. The largest absolute Gasteiger partial charge is 0.491 e. The van der Waals surface area contributed by atoms with Gasteiger partial charge < -0.3 is 20.3 Å². The van der Waals surface area contributed by atoms with Gasteiger partial charge in [0.25, 0.3) is 5.91 Å². The van der Waals surface area contributed by atoms with E-state index in [9.17, 15) is 4.79 Å². The Balaban J connectivity index is 1.96. The van der Waals surface area contributed by atoms with Gasteiger partial charge in [0.05, 0.1) is 17.4 Å². The SMILES string of the molecule is CC(C)Oc1ccc(NC(=O)c2cncc(NCCN(C)C)c2)cc1. The van der Waals surface area contributed by atoms with Crippen LogP contribution in [0.4, 0.5) is 11.4 Å². The molecule has 0 aliphatic heterocycles. The van der Waals surface area contributed by atoms with Crippen LogP contribution in [0.1, 0.15) is 24.2 Å². The van der Waals surface area contributed by atoms with Crippen molar-refractivity contribution in [3.05, 3.63) is 48.3 Å². The minimum Gasteiger partial charge on any atom is -0.491 e. The number of amides is 1. The fraction of sp³-hybridized carbons (Fsp3) is 0.368. The van der Waals surface area contributed by atoms with Crippen LogP contribution in [0.3, 0.4) is 0 Å². The second-order valence-corrected chi connectivity index (χ2v) is 6.34. The van der Waals surface area contributed by atoms with Crippen molar-refractivity contribution in [1.29, 1.82) is 0 Å². The van der Waals surface area contributed by atoms with Crippen molar-refractivity contribution < 1.29 is 9.53 Å². The Hall–Kier alpha value is -2.60. The molecule has 6 nitrogen and oxygen atoms in total. The van der Waals surface area contributed by atoms with Gasteiger partial charge in [0.15, 0.2) is 0 Å². The number of nitrogens with zero attached hydrogens (tertiary/aromatic N) is 2. The predicted molar refractivity (Wildman–Crippen MR) is 101 cm³/mol. The molecule has 1 amide bonds. The maximum absolute atomic E-state index is 12.4.